The number of hydrogen-bond donors (Lipinski definition) is 3. The molecular weight excluding hydrogens is 605 g/mol. The highest BCUT2D eigenvalue weighted by molar-refractivity contribution is 8.00. The van der Waals surface area contributed by atoms with Crippen LogP contribution in [0.25, 0.3) is 6.08 Å². The fraction of sp³-hybridized carbons (Fsp3) is 0.121. The second-order valence-corrected chi connectivity index (χ2v) is 11.1. The van der Waals surface area contributed by atoms with Crippen LogP contribution in [-0.4, -0.2) is 37.2 Å². The van der Waals surface area contributed by atoms with Gasteiger partial charge in [-0.2, -0.15) is 0 Å². The van der Waals surface area contributed by atoms with Gasteiger partial charge in [0.25, 0.3) is 11.8 Å². The summed E-state index contributed by atoms with van der Waals surface area (Å²) in [6.07, 6.45) is 1.28. The third-order valence-electron chi connectivity index (χ3n) is 6.26. The molecule has 44 heavy (non-hydrogen) atoms. The lowest BCUT2D eigenvalue weighted by Crippen LogP contribution is -2.30. The maximum absolute atomic E-state index is 14.4. The van der Waals surface area contributed by atoms with Crippen molar-refractivity contribution in [1.29, 1.82) is 0 Å². The van der Waals surface area contributed by atoms with Crippen molar-refractivity contribution in [2.45, 2.75) is 17.1 Å². The minimum Gasteiger partial charge on any atom is -0.495 e. The van der Waals surface area contributed by atoms with Crippen LogP contribution >= 0.6 is 23.4 Å². The number of halogens is 2. The Labute approximate surface area is 263 Å². The molecule has 0 saturated heterocycles. The van der Waals surface area contributed by atoms with E-state index in [-0.39, 0.29) is 17.2 Å². The van der Waals surface area contributed by atoms with Gasteiger partial charge in [0, 0.05) is 27.8 Å². The van der Waals surface area contributed by atoms with E-state index in [0.29, 0.717) is 33.5 Å². The lowest BCUT2D eigenvalue weighted by atomic mass is 10.1. The predicted molar refractivity (Wildman–Crippen MR) is 172 cm³/mol. The van der Waals surface area contributed by atoms with E-state index in [1.807, 2.05) is 0 Å². The Morgan fingerprint density at radius 1 is 0.864 bits per heavy atom. The highest BCUT2D eigenvalue weighted by Crippen LogP contribution is 2.36. The number of nitrogens with one attached hydrogen (secondary N) is 3. The maximum atomic E-state index is 14.4. The molecule has 4 aromatic rings. The SMILES string of the molecule is COc1cc(OC)c(NC(=O)C(C)Sc2ccc(NC(=O)/C(=C/c3ccccc3F)NC(=O)c3ccccc3)cc2)cc1Cl. The monoisotopic (exact) mass is 633 g/mol. The Bertz CT molecular complexity index is 1680. The highest BCUT2D eigenvalue weighted by Gasteiger charge is 2.19. The van der Waals surface area contributed by atoms with Gasteiger partial charge in [0.15, 0.2) is 0 Å². The van der Waals surface area contributed by atoms with Gasteiger partial charge < -0.3 is 25.4 Å². The molecule has 0 radical (unpaired) electrons. The molecule has 0 bridgehead atoms. The molecule has 0 heterocycles. The smallest absolute Gasteiger partial charge is 0.272 e. The molecule has 0 aliphatic heterocycles. The fourth-order valence-corrected chi connectivity index (χ4v) is 5.06. The van der Waals surface area contributed by atoms with Crippen LogP contribution in [0.4, 0.5) is 15.8 Å². The van der Waals surface area contributed by atoms with Crippen molar-refractivity contribution < 1.29 is 28.2 Å². The van der Waals surface area contributed by atoms with Crippen molar-refractivity contribution in [3.63, 3.8) is 0 Å². The Hall–Kier alpha value is -4.80. The maximum Gasteiger partial charge on any atom is 0.272 e. The Morgan fingerprint density at radius 2 is 1.52 bits per heavy atom. The summed E-state index contributed by atoms with van der Waals surface area (Å²) in [5.41, 5.74) is 1.18. The molecule has 11 heteroatoms. The summed E-state index contributed by atoms with van der Waals surface area (Å²) < 4.78 is 24.9. The number of hydrogen-bond acceptors (Lipinski definition) is 6. The van der Waals surface area contributed by atoms with Crippen molar-refractivity contribution >= 4 is 58.5 Å². The average Bonchev–Trinajstić information content (AvgIpc) is 3.03. The van der Waals surface area contributed by atoms with Crippen molar-refractivity contribution in [3.05, 3.63) is 119 Å². The van der Waals surface area contributed by atoms with E-state index in [9.17, 15) is 18.8 Å². The lowest BCUT2D eigenvalue weighted by molar-refractivity contribution is -0.115. The number of anilines is 2. The van der Waals surface area contributed by atoms with Gasteiger partial charge in [-0.3, -0.25) is 14.4 Å². The van der Waals surface area contributed by atoms with Gasteiger partial charge >= 0.3 is 0 Å². The largest absolute Gasteiger partial charge is 0.495 e. The van der Waals surface area contributed by atoms with Crippen LogP contribution in [0.15, 0.2) is 102 Å². The third kappa shape index (κ3) is 8.40. The second-order valence-electron chi connectivity index (χ2n) is 9.31. The first kappa shape index (κ1) is 32.1. The van der Waals surface area contributed by atoms with E-state index in [0.717, 1.165) is 4.90 Å². The summed E-state index contributed by atoms with van der Waals surface area (Å²) >= 11 is 7.52. The predicted octanol–water partition coefficient (Wildman–Crippen LogP) is 7.03. The minimum atomic E-state index is -0.641. The van der Waals surface area contributed by atoms with Crippen LogP contribution in [0, 0.1) is 5.82 Å². The number of rotatable bonds is 11. The summed E-state index contributed by atoms with van der Waals surface area (Å²) in [5.74, 6) is -1.15. The van der Waals surface area contributed by atoms with Gasteiger partial charge in [-0.15, -0.1) is 11.8 Å². The minimum absolute atomic E-state index is 0.137. The molecule has 4 rings (SSSR count). The molecule has 4 aromatic carbocycles. The first-order chi connectivity index (χ1) is 21.2. The molecule has 1 atom stereocenters. The second kappa shape index (κ2) is 15.1. The summed E-state index contributed by atoms with van der Waals surface area (Å²) in [7, 11) is 2.96. The van der Waals surface area contributed by atoms with Crippen LogP contribution in [0.1, 0.15) is 22.8 Å². The fourth-order valence-electron chi connectivity index (χ4n) is 3.96. The third-order valence-corrected chi connectivity index (χ3v) is 7.67. The van der Waals surface area contributed by atoms with Crippen molar-refractivity contribution in [1.82, 2.24) is 5.32 Å². The molecule has 0 aromatic heterocycles. The number of carbonyl (C=O) groups excluding carboxylic acids is 3. The highest BCUT2D eigenvalue weighted by atomic mass is 35.5. The molecule has 1 unspecified atom stereocenters. The lowest BCUT2D eigenvalue weighted by Gasteiger charge is -2.16. The summed E-state index contributed by atoms with van der Waals surface area (Å²) in [6.45, 7) is 1.75. The van der Waals surface area contributed by atoms with Gasteiger partial charge in [-0.1, -0.05) is 48.0 Å². The van der Waals surface area contributed by atoms with E-state index in [1.165, 1.54) is 50.3 Å². The van der Waals surface area contributed by atoms with Gasteiger partial charge in [0.05, 0.1) is 30.2 Å². The molecule has 0 aliphatic carbocycles. The van der Waals surface area contributed by atoms with Crippen LogP contribution in [0.3, 0.4) is 0 Å². The van der Waals surface area contributed by atoms with Crippen molar-refractivity contribution in [3.8, 4) is 11.5 Å². The molecule has 226 valence electrons. The molecule has 0 saturated carbocycles. The number of amides is 3. The normalized spacial score (nSPS) is 11.7. The van der Waals surface area contributed by atoms with Gasteiger partial charge in [0.2, 0.25) is 5.91 Å². The zero-order chi connectivity index (χ0) is 31.6. The van der Waals surface area contributed by atoms with E-state index < -0.39 is 22.9 Å². The molecule has 8 nitrogen and oxygen atoms in total. The number of carbonyl (C=O) groups is 3. The zero-order valence-corrected chi connectivity index (χ0v) is 25.6. The first-order valence-corrected chi connectivity index (χ1v) is 14.6. The topological polar surface area (TPSA) is 106 Å². The molecular formula is C33H29ClFN3O5S. The van der Waals surface area contributed by atoms with Gasteiger partial charge in [-0.05, 0) is 61.5 Å². The summed E-state index contributed by atoms with van der Waals surface area (Å²) in [5, 5.41) is 7.98. The first-order valence-electron chi connectivity index (χ1n) is 13.3. The number of thioether (sulfide) groups is 1. The Morgan fingerprint density at radius 3 is 2.18 bits per heavy atom. The average molecular weight is 634 g/mol. The van der Waals surface area contributed by atoms with Crippen LogP contribution in [-0.2, 0) is 9.59 Å². The number of benzene rings is 4. The van der Waals surface area contributed by atoms with Crippen LogP contribution < -0.4 is 25.4 Å². The van der Waals surface area contributed by atoms with Crippen LogP contribution in [0.2, 0.25) is 5.02 Å². The van der Waals surface area contributed by atoms with Crippen molar-refractivity contribution in [2.24, 2.45) is 0 Å². The van der Waals surface area contributed by atoms with Crippen LogP contribution in [0.5, 0.6) is 11.5 Å². The van der Waals surface area contributed by atoms with E-state index >= 15 is 0 Å². The molecule has 3 amide bonds. The molecule has 0 spiro atoms. The molecule has 0 aliphatic rings. The zero-order valence-electron chi connectivity index (χ0n) is 24.0. The van der Waals surface area contributed by atoms with Crippen molar-refractivity contribution in [2.75, 3.05) is 24.9 Å². The Balaban J connectivity index is 1.44. The van der Waals surface area contributed by atoms with Gasteiger partial charge in [0.1, 0.15) is 23.0 Å². The van der Waals surface area contributed by atoms with E-state index in [1.54, 1.807) is 79.7 Å². The molecule has 0 fully saturated rings. The standard InChI is InChI=1S/C33H29ClFN3O5S/c1-20(31(39)37-27-18-25(34)29(42-2)19-30(27)43-3)44-24-15-13-23(14-16-24)36-33(41)28(17-22-11-7-8-12-26(22)35)38-32(40)21-9-5-4-6-10-21/h4-20H,1-3H3,(H,36,41)(H,37,39)(H,38,40)/b28-17-. The Kier molecular flexibility index (Phi) is 11.0. The molecule has 3 N–H and O–H groups in total. The van der Waals surface area contributed by atoms with E-state index in [2.05, 4.69) is 16.0 Å². The number of methoxy groups -OCH3 is 2. The van der Waals surface area contributed by atoms with Gasteiger partial charge in [-0.25, -0.2) is 4.39 Å². The quantitative estimate of drug-likeness (QED) is 0.121. The summed E-state index contributed by atoms with van der Waals surface area (Å²) in [6, 6.07) is 24.3. The summed E-state index contributed by atoms with van der Waals surface area (Å²) in [4.78, 5) is 39.7. The van der Waals surface area contributed by atoms with E-state index in [4.69, 9.17) is 21.1 Å². The number of ether oxygens (including phenoxy) is 2.